The van der Waals surface area contributed by atoms with Gasteiger partial charge in [0.25, 0.3) is 5.91 Å². The van der Waals surface area contributed by atoms with Crippen LogP contribution < -0.4 is 15.8 Å². The number of nitrogens with zero attached hydrogens (tertiary/aromatic N) is 1. The van der Waals surface area contributed by atoms with Crippen LogP contribution in [0.3, 0.4) is 0 Å². The minimum Gasteiger partial charge on any atom is -0.497 e. The molecule has 1 amide bonds. The highest BCUT2D eigenvalue weighted by molar-refractivity contribution is 5.94. The van der Waals surface area contributed by atoms with E-state index in [9.17, 15) is 4.79 Å². The lowest BCUT2D eigenvalue weighted by Crippen LogP contribution is -2.23. The number of benzene rings is 1. The Labute approximate surface area is 104 Å². The van der Waals surface area contributed by atoms with Crippen molar-refractivity contribution >= 4 is 11.7 Å². The first-order valence-electron chi connectivity index (χ1n) is 5.40. The number of nitrogen functional groups attached to an aromatic ring is 1. The predicted molar refractivity (Wildman–Crippen MR) is 67.2 cm³/mol. The molecule has 4 N–H and O–H groups in total. The normalized spacial score (nSPS) is 10.1. The summed E-state index contributed by atoms with van der Waals surface area (Å²) in [7, 11) is 1.56. The highest BCUT2D eigenvalue weighted by atomic mass is 16.5. The summed E-state index contributed by atoms with van der Waals surface area (Å²) in [4.78, 5) is 11.9. The topological polar surface area (TPSA) is 93.0 Å². The number of carbonyl (C=O) groups excluding carboxylic acids is 1. The fraction of sp³-hybridized carbons (Fsp3) is 0.167. The minimum absolute atomic E-state index is 0.186. The second-order valence-electron chi connectivity index (χ2n) is 3.72. The molecule has 0 aliphatic carbocycles. The number of nitrogens with one attached hydrogen (secondary N) is 2. The summed E-state index contributed by atoms with van der Waals surface area (Å²) in [5.74, 6) is 0.918. The minimum atomic E-state index is -0.186. The third-order valence-corrected chi connectivity index (χ3v) is 2.52. The van der Waals surface area contributed by atoms with Crippen molar-refractivity contribution in [2.45, 2.75) is 6.54 Å². The van der Waals surface area contributed by atoms with Gasteiger partial charge in [-0.1, -0.05) is 6.07 Å². The monoisotopic (exact) mass is 246 g/mol. The quantitative estimate of drug-likeness (QED) is 0.748. The Morgan fingerprint density at radius 2 is 2.39 bits per heavy atom. The second-order valence-corrected chi connectivity index (χ2v) is 3.72. The van der Waals surface area contributed by atoms with Crippen LogP contribution in [-0.2, 0) is 6.54 Å². The van der Waals surface area contributed by atoms with Gasteiger partial charge in [0.15, 0.2) is 0 Å². The summed E-state index contributed by atoms with van der Waals surface area (Å²) in [5.41, 5.74) is 6.92. The van der Waals surface area contributed by atoms with Gasteiger partial charge < -0.3 is 15.8 Å². The highest BCUT2D eigenvalue weighted by Gasteiger charge is 2.08. The molecule has 0 spiro atoms. The highest BCUT2D eigenvalue weighted by Crippen LogP contribution is 2.12. The summed E-state index contributed by atoms with van der Waals surface area (Å²) in [5, 5.41) is 9.14. The molecule has 0 bridgehead atoms. The summed E-state index contributed by atoms with van der Waals surface area (Å²) in [6.45, 7) is 0.332. The van der Waals surface area contributed by atoms with E-state index >= 15 is 0 Å². The zero-order valence-electron chi connectivity index (χ0n) is 9.93. The van der Waals surface area contributed by atoms with E-state index in [1.54, 1.807) is 37.6 Å². The van der Waals surface area contributed by atoms with Crippen LogP contribution in [0.4, 0.5) is 5.82 Å². The largest absolute Gasteiger partial charge is 0.497 e. The molecule has 2 aromatic rings. The number of amides is 1. The summed E-state index contributed by atoms with van der Waals surface area (Å²) in [6, 6.07) is 6.94. The number of anilines is 1. The van der Waals surface area contributed by atoms with Gasteiger partial charge in [-0.05, 0) is 18.2 Å². The van der Waals surface area contributed by atoms with E-state index in [2.05, 4.69) is 15.5 Å². The molecule has 1 heterocycles. The van der Waals surface area contributed by atoms with Crippen LogP contribution in [0.2, 0.25) is 0 Å². The van der Waals surface area contributed by atoms with E-state index in [0.29, 0.717) is 23.7 Å². The lowest BCUT2D eigenvalue weighted by atomic mass is 10.2. The van der Waals surface area contributed by atoms with Crippen molar-refractivity contribution in [2.75, 3.05) is 12.8 Å². The molecule has 0 atom stereocenters. The van der Waals surface area contributed by atoms with Crippen LogP contribution in [0.15, 0.2) is 30.5 Å². The molecular weight excluding hydrogens is 232 g/mol. The Bertz CT molecular complexity index is 551. The Morgan fingerprint density at radius 3 is 3.06 bits per heavy atom. The van der Waals surface area contributed by atoms with Gasteiger partial charge in [0.05, 0.1) is 13.3 Å². The fourth-order valence-electron chi connectivity index (χ4n) is 1.50. The Kier molecular flexibility index (Phi) is 3.47. The summed E-state index contributed by atoms with van der Waals surface area (Å²) in [6.07, 6.45) is 1.58. The molecule has 0 radical (unpaired) electrons. The molecule has 1 aromatic carbocycles. The lowest BCUT2D eigenvalue weighted by molar-refractivity contribution is 0.0950. The van der Waals surface area contributed by atoms with Crippen molar-refractivity contribution in [1.29, 1.82) is 0 Å². The fourth-order valence-corrected chi connectivity index (χ4v) is 1.50. The van der Waals surface area contributed by atoms with E-state index in [-0.39, 0.29) is 5.91 Å². The predicted octanol–water partition coefficient (Wildman–Crippen LogP) is 0.930. The average molecular weight is 246 g/mol. The maximum atomic E-state index is 11.9. The van der Waals surface area contributed by atoms with E-state index in [1.807, 2.05) is 0 Å². The molecule has 94 valence electrons. The van der Waals surface area contributed by atoms with Crippen LogP contribution in [0, 0.1) is 0 Å². The molecule has 2 rings (SSSR count). The third kappa shape index (κ3) is 2.60. The lowest BCUT2D eigenvalue weighted by Gasteiger charge is -2.06. The van der Waals surface area contributed by atoms with Gasteiger partial charge in [0.2, 0.25) is 0 Å². The van der Waals surface area contributed by atoms with E-state index in [0.717, 1.165) is 5.56 Å². The number of hydrogen-bond acceptors (Lipinski definition) is 4. The van der Waals surface area contributed by atoms with Gasteiger partial charge in [0.1, 0.15) is 11.6 Å². The van der Waals surface area contributed by atoms with Crippen LogP contribution >= 0.6 is 0 Å². The summed E-state index contributed by atoms with van der Waals surface area (Å²) < 4.78 is 5.06. The van der Waals surface area contributed by atoms with Crippen molar-refractivity contribution in [1.82, 2.24) is 15.5 Å². The van der Waals surface area contributed by atoms with Crippen LogP contribution in [-0.4, -0.2) is 23.2 Å². The molecule has 0 fully saturated rings. The second kappa shape index (κ2) is 5.22. The molecule has 0 aliphatic heterocycles. The number of H-pyrrole nitrogens is 1. The molecule has 1 aromatic heterocycles. The first-order valence-corrected chi connectivity index (χ1v) is 5.40. The zero-order chi connectivity index (χ0) is 13.0. The van der Waals surface area contributed by atoms with Crippen molar-refractivity contribution < 1.29 is 9.53 Å². The van der Waals surface area contributed by atoms with E-state index < -0.39 is 0 Å². The third-order valence-electron chi connectivity index (χ3n) is 2.52. The van der Waals surface area contributed by atoms with Gasteiger partial charge in [0, 0.05) is 17.7 Å². The smallest absolute Gasteiger partial charge is 0.251 e. The van der Waals surface area contributed by atoms with Crippen LogP contribution in [0.5, 0.6) is 5.75 Å². The van der Waals surface area contributed by atoms with Gasteiger partial charge in [-0.15, -0.1) is 0 Å². The number of rotatable bonds is 4. The van der Waals surface area contributed by atoms with Crippen molar-refractivity contribution in [2.24, 2.45) is 0 Å². The average Bonchev–Trinajstić information content (AvgIpc) is 2.81. The van der Waals surface area contributed by atoms with E-state index in [4.69, 9.17) is 10.5 Å². The maximum absolute atomic E-state index is 11.9. The first-order chi connectivity index (χ1) is 8.70. The van der Waals surface area contributed by atoms with Crippen LogP contribution in [0.1, 0.15) is 15.9 Å². The number of aromatic nitrogens is 2. The number of ether oxygens (including phenoxy) is 1. The molecular formula is C12H14N4O2. The number of methoxy groups -OCH3 is 1. The first kappa shape index (κ1) is 12.0. The van der Waals surface area contributed by atoms with Gasteiger partial charge >= 0.3 is 0 Å². The SMILES string of the molecule is COc1cccc(C(=O)NCc2cn[nH]c2N)c1. The molecule has 6 nitrogen and oxygen atoms in total. The van der Waals surface area contributed by atoms with Crippen molar-refractivity contribution in [3.05, 3.63) is 41.6 Å². The van der Waals surface area contributed by atoms with E-state index in [1.165, 1.54) is 0 Å². The summed E-state index contributed by atoms with van der Waals surface area (Å²) >= 11 is 0. The number of hydrogen-bond donors (Lipinski definition) is 3. The number of carbonyl (C=O) groups is 1. The van der Waals surface area contributed by atoms with Gasteiger partial charge in [-0.2, -0.15) is 5.10 Å². The number of aromatic amines is 1. The molecule has 0 aliphatic rings. The van der Waals surface area contributed by atoms with Gasteiger partial charge in [-0.25, -0.2) is 0 Å². The van der Waals surface area contributed by atoms with Crippen molar-refractivity contribution in [3.63, 3.8) is 0 Å². The van der Waals surface area contributed by atoms with Gasteiger partial charge in [-0.3, -0.25) is 9.89 Å². The van der Waals surface area contributed by atoms with Crippen molar-refractivity contribution in [3.8, 4) is 5.75 Å². The molecule has 18 heavy (non-hydrogen) atoms. The zero-order valence-corrected chi connectivity index (χ0v) is 9.93. The molecule has 6 heteroatoms. The molecule has 0 unspecified atom stereocenters. The molecule has 0 saturated carbocycles. The standard InChI is InChI=1S/C12H14N4O2/c1-18-10-4-2-3-8(5-10)12(17)14-6-9-7-15-16-11(9)13/h2-5,7H,6H2,1H3,(H,14,17)(H3,13,15,16). The number of nitrogens with two attached hydrogens (primary N) is 1. The Balaban J connectivity index is 2.01. The Morgan fingerprint density at radius 1 is 1.56 bits per heavy atom. The maximum Gasteiger partial charge on any atom is 0.251 e. The van der Waals surface area contributed by atoms with Crippen LogP contribution in [0.25, 0.3) is 0 Å². The molecule has 0 saturated heterocycles. The Hall–Kier alpha value is -2.50.